The lowest BCUT2D eigenvalue weighted by Gasteiger charge is -2.35. The smallest absolute Gasteiger partial charge is 0.233 e. The average molecular weight is 431 g/mol. The molecule has 8 nitrogen and oxygen atoms in total. The van der Waals surface area contributed by atoms with Crippen LogP contribution in [0.1, 0.15) is 26.7 Å². The third-order valence-electron chi connectivity index (χ3n) is 7.43. The fourth-order valence-electron chi connectivity index (χ4n) is 5.57. The molecule has 2 aliphatic carbocycles. The number of guanidine groups is 1. The Morgan fingerprint density at radius 3 is 2.35 bits per heavy atom. The molecule has 0 aromatic carbocycles. The minimum Gasteiger partial charge on any atom is -0.357 e. The molecule has 2 bridgehead atoms. The lowest BCUT2D eigenvalue weighted by atomic mass is 9.85. The standard InChI is InChI=1S/C23H38N6O2/c1-4-24-23(26-15-16(2)28-12-10-27(3)11-13-28)25-8-5-9-29-21(30)19-17-6-7-18(14-17)20(19)22(29)31/h6-7,16-20H,4-5,8-15H2,1-3H3,(H2,24,25,26). The Hall–Kier alpha value is -1.93. The quantitative estimate of drug-likeness (QED) is 0.191. The van der Waals surface area contributed by atoms with Crippen molar-refractivity contribution in [1.82, 2.24) is 25.3 Å². The summed E-state index contributed by atoms with van der Waals surface area (Å²) in [5, 5.41) is 6.67. The van der Waals surface area contributed by atoms with E-state index in [9.17, 15) is 9.59 Å². The number of rotatable bonds is 8. The van der Waals surface area contributed by atoms with Gasteiger partial charge in [0.1, 0.15) is 0 Å². The summed E-state index contributed by atoms with van der Waals surface area (Å²) in [6, 6.07) is 0.410. The molecule has 5 unspecified atom stereocenters. The van der Waals surface area contributed by atoms with Crippen LogP contribution in [0.2, 0.25) is 0 Å². The molecule has 4 rings (SSSR count). The van der Waals surface area contributed by atoms with Gasteiger partial charge in [0.2, 0.25) is 11.8 Å². The second-order valence-corrected chi connectivity index (χ2v) is 9.52. The molecule has 0 spiro atoms. The Morgan fingerprint density at radius 1 is 1.10 bits per heavy atom. The van der Waals surface area contributed by atoms with Gasteiger partial charge in [-0.25, -0.2) is 0 Å². The second-order valence-electron chi connectivity index (χ2n) is 9.52. The van der Waals surface area contributed by atoms with Crippen LogP contribution >= 0.6 is 0 Å². The summed E-state index contributed by atoms with van der Waals surface area (Å²) in [4.78, 5) is 36.7. The van der Waals surface area contributed by atoms with E-state index in [1.165, 1.54) is 4.90 Å². The van der Waals surface area contributed by atoms with Gasteiger partial charge in [0.25, 0.3) is 0 Å². The van der Waals surface area contributed by atoms with E-state index < -0.39 is 0 Å². The summed E-state index contributed by atoms with van der Waals surface area (Å²) in [7, 11) is 2.17. The lowest BCUT2D eigenvalue weighted by Crippen LogP contribution is -2.49. The van der Waals surface area contributed by atoms with Gasteiger partial charge < -0.3 is 15.5 Å². The predicted octanol–water partition coefficient (Wildman–Crippen LogP) is 0.375. The molecule has 2 N–H and O–H groups in total. The van der Waals surface area contributed by atoms with Gasteiger partial charge in [-0.3, -0.25) is 24.4 Å². The maximum atomic E-state index is 12.8. The Bertz CT molecular complexity index is 700. The summed E-state index contributed by atoms with van der Waals surface area (Å²) in [6.07, 6.45) is 6.00. The number of hydrogen-bond donors (Lipinski definition) is 2. The van der Waals surface area contributed by atoms with Crippen LogP contribution in [0.4, 0.5) is 0 Å². The molecule has 172 valence electrons. The molecule has 31 heavy (non-hydrogen) atoms. The minimum absolute atomic E-state index is 0.0495. The summed E-state index contributed by atoms with van der Waals surface area (Å²) < 4.78 is 0. The highest BCUT2D eigenvalue weighted by Gasteiger charge is 2.58. The monoisotopic (exact) mass is 430 g/mol. The van der Waals surface area contributed by atoms with Crippen LogP contribution < -0.4 is 10.6 Å². The Kier molecular flexibility index (Phi) is 6.96. The largest absolute Gasteiger partial charge is 0.357 e. The van der Waals surface area contributed by atoms with Crippen LogP contribution in [-0.4, -0.2) is 97.9 Å². The molecule has 5 atom stereocenters. The van der Waals surface area contributed by atoms with Crippen LogP contribution in [0.15, 0.2) is 17.1 Å². The number of likely N-dealkylation sites (tertiary alicyclic amines) is 1. The molecule has 1 saturated carbocycles. The molecule has 0 radical (unpaired) electrons. The molecule has 2 heterocycles. The van der Waals surface area contributed by atoms with Crippen molar-refractivity contribution in [3.8, 4) is 0 Å². The molecular weight excluding hydrogens is 392 g/mol. The molecule has 2 amide bonds. The van der Waals surface area contributed by atoms with Crippen LogP contribution in [0, 0.1) is 23.7 Å². The molecule has 0 aromatic heterocycles. The number of amides is 2. The van der Waals surface area contributed by atoms with Crippen LogP contribution in [0.5, 0.6) is 0 Å². The summed E-state index contributed by atoms with van der Waals surface area (Å²) >= 11 is 0. The third kappa shape index (κ3) is 4.65. The fraction of sp³-hybridized carbons (Fsp3) is 0.783. The van der Waals surface area contributed by atoms with Crippen LogP contribution in [-0.2, 0) is 9.59 Å². The van der Waals surface area contributed by atoms with Gasteiger partial charge >= 0.3 is 0 Å². The summed E-state index contributed by atoms with van der Waals surface area (Å²) in [5.74, 6) is 1.29. The van der Waals surface area contributed by atoms with Crippen LogP contribution in [0.3, 0.4) is 0 Å². The van der Waals surface area contributed by atoms with E-state index in [4.69, 9.17) is 4.99 Å². The molecule has 2 saturated heterocycles. The first-order chi connectivity index (χ1) is 15.0. The van der Waals surface area contributed by atoms with E-state index in [0.29, 0.717) is 19.1 Å². The van der Waals surface area contributed by atoms with E-state index in [1.54, 1.807) is 0 Å². The van der Waals surface area contributed by atoms with E-state index >= 15 is 0 Å². The average Bonchev–Trinajstić information content (AvgIpc) is 3.44. The van der Waals surface area contributed by atoms with Gasteiger partial charge in [0, 0.05) is 51.9 Å². The number of likely N-dealkylation sites (N-methyl/N-ethyl adjacent to an activating group) is 1. The number of hydrogen-bond acceptors (Lipinski definition) is 5. The first kappa shape index (κ1) is 22.3. The van der Waals surface area contributed by atoms with Gasteiger partial charge in [0.05, 0.1) is 18.4 Å². The van der Waals surface area contributed by atoms with E-state index in [2.05, 4.69) is 53.5 Å². The zero-order chi connectivity index (χ0) is 22.0. The third-order valence-corrected chi connectivity index (χ3v) is 7.43. The number of allylic oxidation sites excluding steroid dienone is 2. The summed E-state index contributed by atoms with van der Waals surface area (Å²) in [6.45, 7) is 11.4. The summed E-state index contributed by atoms with van der Waals surface area (Å²) in [5.41, 5.74) is 0. The predicted molar refractivity (Wildman–Crippen MR) is 122 cm³/mol. The highest BCUT2D eigenvalue weighted by molar-refractivity contribution is 6.06. The maximum absolute atomic E-state index is 12.8. The zero-order valence-corrected chi connectivity index (χ0v) is 19.2. The highest BCUT2D eigenvalue weighted by Crippen LogP contribution is 2.52. The molecule has 2 aliphatic heterocycles. The normalized spacial score (nSPS) is 32.1. The van der Waals surface area contributed by atoms with Crippen molar-refractivity contribution >= 4 is 17.8 Å². The SMILES string of the molecule is CCNC(=NCC(C)N1CCN(C)CC1)NCCCN1C(=O)C2C3C=CC(C3)C2C1=O. The highest BCUT2D eigenvalue weighted by atomic mass is 16.2. The molecule has 8 heteroatoms. The number of nitrogens with one attached hydrogen (secondary N) is 2. The minimum atomic E-state index is -0.0922. The number of carbonyl (C=O) groups is 2. The maximum Gasteiger partial charge on any atom is 0.233 e. The Morgan fingerprint density at radius 2 is 1.74 bits per heavy atom. The number of imide groups is 1. The zero-order valence-electron chi connectivity index (χ0n) is 19.2. The van der Waals surface area contributed by atoms with Crippen LogP contribution in [0.25, 0.3) is 0 Å². The Balaban J connectivity index is 1.21. The number of fused-ring (bicyclic) bond motifs is 5. The van der Waals surface area contributed by atoms with Crippen molar-refractivity contribution in [1.29, 1.82) is 0 Å². The number of aliphatic imine (C=N–C) groups is 1. The van der Waals surface area contributed by atoms with Gasteiger partial charge in [-0.2, -0.15) is 0 Å². The number of nitrogens with zero attached hydrogens (tertiary/aromatic N) is 4. The van der Waals surface area contributed by atoms with E-state index in [1.807, 2.05) is 0 Å². The van der Waals surface area contributed by atoms with Gasteiger partial charge in [-0.15, -0.1) is 0 Å². The van der Waals surface area contributed by atoms with Crippen molar-refractivity contribution in [2.75, 3.05) is 59.4 Å². The van der Waals surface area contributed by atoms with Crippen molar-refractivity contribution in [3.05, 3.63) is 12.2 Å². The number of piperazine rings is 1. The van der Waals surface area contributed by atoms with Crippen molar-refractivity contribution in [2.45, 2.75) is 32.7 Å². The molecule has 3 fully saturated rings. The van der Waals surface area contributed by atoms with Gasteiger partial charge in [0.15, 0.2) is 5.96 Å². The van der Waals surface area contributed by atoms with E-state index in [-0.39, 0.29) is 35.5 Å². The lowest BCUT2D eigenvalue weighted by molar-refractivity contribution is -0.140. The molecule has 4 aliphatic rings. The molecular formula is C23H38N6O2. The van der Waals surface area contributed by atoms with Crippen molar-refractivity contribution in [2.24, 2.45) is 28.7 Å². The van der Waals surface area contributed by atoms with E-state index in [0.717, 1.165) is 58.1 Å². The topological polar surface area (TPSA) is 80.3 Å². The van der Waals surface area contributed by atoms with Crippen molar-refractivity contribution < 1.29 is 9.59 Å². The first-order valence-electron chi connectivity index (χ1n) is 12.0. The fourth-order valence-corrected chi connectivity index (χ4v) is 5.57. The number of carbonyl (C=O) groups excluding carboxylic acids is 2. The Labute approximate surface area is 186 Å². The first-order valence-corrected chi connectivity index (χ1v) is 12.0. The van der Waals surface area contributed by atoms with Gasteiger partial charge in [-0.05, 0) is 45.6 Å². The second kappa shape index (κ2) is 9.69. The molecule has 0 aromatic rings. The van der Waals surface area contributed by atoms with Gasteiger partial charge in [-0.1, -0.05) is 12.2 Å². The van der Waals surface area contributed by atoms with Crippen molar-refractivity contribution in [3.63, 3.8) is 0 Å².